The predicted molar refractivity (Wildman–Crippen MR) is 123 cm³/mol. The second-order valence-electron chi connectivity index (χ2n) is 8.18. The van der Waals surface area contributed by atoms with E-state index in [1.54, 1.807) is 30.7 Å². The van der Waals surface area contributed by atoms with Gasteiger partial charge in [0.15, 0.2) is 0 Å². The minimum atomic E-state index is -4.76. The molecule has 34 heavy (non-hydrogen) atoms. The normalized spacial score (nSPS) is 11.6. The third-order valence-corrected chi connectivity index (χ3v) is 5.42. The number of benzene rings is 2. The molecular weight excluding hydrogens is 445 g/mol. The standard InChI is InChI=1S/C25H23F3N4O2/c1-14-8-9-22-20(10-14)21(11-15(2)29-22)24(33)30-23-16(3)31-32(17(23)4)13-18-6-5-7-19(12-18)34-25(26,27)28/h5-12H,13H2,1-4H3,(H,30,33). The van der Waals surface area contributed by atoms with E-state index in [1.165, 1.54) is 18.2 Å². The number of ether oxygens (including phenoxy) is 1. The Morgan fingerprint density at radius 3 is 2.56 bits per heavy atom. The molecule has 2 aromatic heterocycles. The van der Waals surface area contributed by atoms with E-state index >= 15 is 0 Å². The number of hydrogen-bond acceptors (Lipinski definition) is 4. The van der Waals surface area contributed by atoms with Gasteiger partial charge in [-0.2, -0.15) is 5.10 Å². The number of fused-ring (bicyclic) bond motifs is 1. The fourth-order valence-corrected chi connectivity index (χ4v) is 3.89. The van der Waals surface area contributed by atoms with Gasteiger partial charge in [-0.3, -0.25) is 14.5 Å². The fourth-order valence-electron chi connectivity index (χ4n) is 3.89. The van der Waals surface area contributed by atoms with Crippen LogP contribution in [0.15, 0.2) is 48.5 Å². The van der Waals surface area contributed by atoms with E-state index in [4.69, 9.17) is 0 Å². The van der Waals surface area contributed by atoms with Crippen molar-refractivity contribution in [3.63, 3.8) is 0 Å². The minimum Gasteiger partial charge on any atom is -0.406 e. The number of pyridine rings is 1. The lowest BCUT2D eigenvalue weighted by Crippen LogP contribution is -2.17. The molecule has 0 unspecified atom stereocenters. The summed E-state index contributed by atoms with van der Waals surface area (Å²) in [5, 5.41) is 8.19. The topological polar surface area (TPSA) is 69.0 Å². The van der Waals surface area contributed by atoms with Crippen LogP contribution in [0.3, 0.4) is 0 Å². The van der Waals surface area contributed by atoms with E-state index in [1.807, 2.05) is 32.0 Å². The first-order valence-corrected chi connectivity index (χ1v) is 10.6. The third kappa shape index (κ3) is 5.03. The summed E-state index contributed by atoms with van der Waals surface area (Å²) in [6.07, 6.45) is -4.76. The van der Waals surface area contributed by atoms with Crippen molar-refractivity contribution in [3.05, 3.63) is 82.3 Å². The molecule has 0 fully saturated rings. The SMILES string of the molecule is Cc1ccc2nc(C)cc(C(=O)Nc3c(C)nn(Cc4cccc(OC(F)(F)F)c4)c3C)c2c1. The quantitative estimate of drug-likeness (QED) is 0.398. The Hall–Kier alpha value is -3.88. The Bertz CT molecular complexity index is 1390. The lowest BCUT2D eigenvalue weighted by Gasteiger charge is -2.11. The average molecular weight is 468 g/mol. The van der Waals surface area contributed by atoms with Crippen molar-refractivity contribution in [1.29, 1.82) is 0 Å². The molecule has 0 aliphatic heterocycles. The van der Waals surface area contributed by atoms with Crippen LogP contribution in [0.4, 0.5) is 18.9 Å². The summed E-state index contributed by atoms with van der Waals surface area (Å²) >= 11 is 0. The highest BCUT2D eigenvalue weighted by Crippen LogP contribution is 2.26. The van der Waals surface area contributed by atoms with Crippen LogP contribution in [0.25, 0.3) is 10.9 Å². The van der Waals surface area contributed by atoms with Gasteiger partial charge in [0.05, 0.1) is 34.7 Å². The molecule has 1 amide bonds. The smallest absolute Gasteiger partial charge is 0.406 e. The summed E-state index contributed by atoms with van der Waals surface area (Å²) in [7, 11) is 0. The van der Waals surface area contributed by atoms with Gasteiger partial charge >= 0.3 is 6.36 Å². The molecule has 0 bridgehead atoms. The van der Waals surface area contributed by atoms with E-state index in [-0.39, 0.29) is 18.2 Å². The number of carbonyl (C=O) groups is 1. The Labute approximate surface area is 194 Å². The molecule has 4 aromatic rings. The molecule has 0 aliphatic carbocycles. The summed E-state index contributed by atoms with van der Waals surface area (Å²) in [4.78, 5) is 17.7. The summed E-state index contributed by atoms with van der Waals surface area (Å²) in [6, 6.07) is 13.2. The Kier molecular flexibility index (Phi) is 6.03. The summed E-state index contributed by atoms with van der Waals surface area (Å²) in [6.45, 7) is 7.57. The Morgan fingerprint density at radius 2 is 1.82 bits per heavy atom. The molecule has 6 nitrogen and oxygen atoms in total. The molecule has 2 aromatic carbocycles. The number of rotatable bonds is 5. The molecule has 0 aliphatic rings. The van der Waals surface area contributed by atoms with Crippen LogP contribution in [-0.4, -0.2) is 27.0 Å². The van der Waals surface area contributed by atoms with Gasteiger partial charge < -0.3 is 10.1 Å². The second kappa shape index (κ2) is 8.81. The van der Waals surface area contributed by atoms with Crippen LogP contribution < -0.4 is 10.1 Å². The molecule has 2 heterocycles. The van der Waals surface area contributed by atoms with Crippen molar-refractivity contribution in [1.82, 2.24) is 14.8 Å². The van der Waals surface area contributed by atoms with Crippen LogP contribution in [0, 0.1) is 27.7 Å². The zero-order chi connectivity index (χ0) is 24.6. The first kappa shape index (κ1) is 23.3. The highest BCUT2D eigenvalue weighted by molar-refractivity contribution is 6.12. The Balaban J connectivity index is 1.61. The van der Waals surface area contributed by atoms with Crippen LogP contribution in [0.2, 0.25) is 0 Å². The van der Waals surface area contributed by atoms with Gasteiger partial charge in [-0.25, -0.2) is 0 Å². The first-order valence-electron chi connectivity index (χ1n) is 10.6. The molecule has 9 heteroatoms. The van der Waals surface area contributed by atoms with Crippen LogP contribution in [0.1, 0.15) is 38.6 Å². The second-order valence-corrected chi connectivity index (χ2v) is 8.18. The Morgan fingerprint density at radius 1 is 1.06 bits per heavy atom. The molecule has 0 saturated heterocycles. The first-order chi connectivity index (χ1) is 16.0. The van der Waals surface area contributed by atoms with Gasteiger partial charge in [0.2, 0.25) is 0 Å². The number of hydrogen-bond donors (Lipinski definition) is 1. The van der Waals surface area contributed by atoms with Gasteiger partial charge in [-0.05, 0) is 63.6 Å². The maximum Gasteiger partial charge on any atom is 0.573 e. The zero-order valence-electron chi connectivity index (χ0n) is 19.1. The minimum absolute atomic E-state index is 0.216. The van der Waals surface area contributed by atoms with Gasteiger partial charge in [0, 0.05) is 11.1 Å². The average Bonchev–Trinajstić information content (AvgIpc) is 2.99. The summed E-state index contributed by atoms with van der Waals surface area (Å²) < 4.78 is 43.3. The van der Waals surface area contributed by atoms with Gasteiger partial charge in [0.1, 0.15) is 5.75 Å². The van der Waals surface area contributed by atoms with Crippen LogP contribution in [-0.2, 0) is 6.54 Å². The highest BCUT2D eigenvalue weighted by atomic mass is 19.4. The van der Waals surface area contributed by atoms with Crippen molar-refractivity contribution < 1.29 is 22.7 Å². The molecule has 0 atom stereocenters. The van der Waals surface area contributed by atoms with Gasteiger partial charge in [-0.15, -0.1) is 13.2 Å². The number of halogens is 3. The third-order valence-electron chi connectivity index (χ3n) is 5.42. The lowest BCUT2D eigenvalue weighted by atomic mass is 10.0. The number of aryl methyl sites for hydroxylation is 3. The molecule has 4 rings (SSSR count). The van der Waals surface area contributed by atoms with Crippen LogP contribution >= 0.6 is 0 Å². The summed E-state index contributed by atoms with van der Waals surface area (Å²) in [5.74, 6) is -0.581. The largest absolute Gasteiger partial charge is 0.573 e. The molecule has 0 radical (unpaired) electrons. The van der Waals surface area contributed by atoms with Gasteiger partial charge in [-0.1, -0.05) is 23.8 Å². The van der Waals surface area contributed by atoms with Crippen LogP contribution in [0.5, 0.6) is 5.75 Å². The predicted octanol–water partition coefficient (Wildman–Crippen LogP) is 5.86. The number of aromatic nitrogens is 3. The molecular formula is C25H23F3N4O2. The van der Waals surface area contributed by atoms with Crippen molar-refractivity contribution in [2.75, 3.05) is 5.32 Å². The molecule has 1 N–H and O–H groups in total. The van der Waals surface area contributed by atoms with Crippen molar-refractivity contribution >= 4 is 22.5 Å². The van der Waals surface area contributed by atoms with E-state index in [0.29, 0.717) is 28.2 Å². The van der Waals surface area contributed by atoms with Crippen molar-refractivity contribution in [2.24, 2.45) is 0 Å². The molecule has 0 spiro atoms. The number of nitrogens with one attached hydrogen (secondary N) is 1. The monoisotopic (exact) mass is 468 g/mol. The van der Waals surface area contributed by atoms with E-state index in [0.717, 1.165) is 22.2 Å². The van der Waals surface area contributed by atoms with Gasteiger partial charge in [0.25, 0.3) is 5.91 Å². The number of anilines is 1. The molecule has 0 saturated carbocycles. The lowest BCUT2D eigenvalue weighted by molar-refractivity contribution is -0.274. The van der Waals surface area contributed by atoms with Crippen molar-refractivity contribution in [3.8, 4) is 5.75 Å². The highest BCUT2D eigenvalue weighted by Gasteiger charge is 2.31. The maximum atomic E-state index is 13.2. The van der Waals surface area contributed by atoms with E-state index < -0.39 is 6.36 Å². The number of alkyl halides is 3. The van der Waals surface area contributed by atoms with E-state index in [2.05, 4.69) is 20.1 Å². The zero-order valence-corrected chi connectivity index (χ0v) is 19.1. The number of amides is 1. The van der Waals surface area contributed by atoms with Crippen molar-refractivity contribution in [2.45, 2.75) is 40.6 Å². The van der Waals surface area contributed by atoms with E-state index in [9.17, 15) is 18.0 Å². The number of nitrogens with zero attached hydrogens (tertiary/aromatic N) is 3. The molecule has 176 valence electrons. The fraction of sp³-hybridized carbons (Fsp3) is 0.240. The summed E-state index contributed by atoms with van der Waals surface area (Å²) in [5.41, 5.74) is 5.41. The maximum absolute atomic E-state index is 13.2. The number of carbonyl (C=O) groups excluding carboxylic acids is 1.